The minimum atomic E-state index is -0.328. The maximum atomic E-state index is 11.7. The highest BCUT2D eigenvalue weighted by molar-refractivity contribution is 6.30. The molecule has 0 spiro atoms. The van der Waals surface area contributed by atoms with E-state index < -0.39 is 0 Å². The molecule has 2 N–H and O–H groups in total. The monoisotopic (exact) mass is 298 g/mol. The number of aliphatic hydroxyl groups is 1. The third kappa shape index (κ3) is 7.48. The Labute approximate surface area is 125 Å². The quantitative estimate of drug-likeness (QED) is 0.768. The van der Waals surface area contributed by atoms with Crippen LogP contribution >= 0.6 is 11.6 Å². The number of amides is 1. The molecule has 0 aliphatic heterocycles. The molecule has 0 heterocycles. The predicted molar refractivity (Wildman–Crippen MR) is 82.0 cm³/mol. The number of hydrogen-bond donors (Lipinski definition) is 2. The van der Waals surface area contributed by atoms with Crippen LogP contribution in [0.5, 0.6) is 0 Å². The van der Waals surface area contributed by atoms with Gasteiger partial charge in [-0.05, 0) is 44.5 Å². The van der Waals surface area contributed by atoms with Crippen molar-refractivity contribution in [1.29, 1.82) is 0 Å². The topological polar surface area (TPSA) is 52.6 Å². The minimum Gasteiger partial charge on any atom is -0.393 e. The van der Waals surface area contributed by atoms with Gasteiger partial charge in [-0.2, -0.15) is 0 Å². The predicted octanol–water partition coefficient (Wildman–Crippen LogP) is 1.70. The van der Waals surface area contributed by atoms with Crippen LogP contribution in [0.1, 0.15) is 18.9 Å². The van der Waals surface area contributed by atoms with Crippen molar-refractivity contribution in [2.75, 3.05) is 26.7 Å². The molecular weight excluding hydrogens is 276 g/mol. The van der Waals surface area contributed by atoms with E-state index in [1.807, 2.05) is 36.2 Å². The first kappa shape index (κ1) is 17.0. The number of nitrogens with zero attached hydrogens (tertiary/aromatic N) is 1. The fourth-order valence-corrected chi connectivity index (χ4v) is 1.91. The van der Waals surface area contributed by atoms with Crippen LogP contribution in [0.15, 0.2) is 24.3 Å². The molecular formula is C15H23ClN2O2. The third-order valence-electron chi connectivity index (χ3n) is 2.99. The van der Waals surface area contributed by atoms with Gasteiger partial charge in [0.25, 0.3) is 0 Å². The summed E-state index contributed by atoms with van der Waals surface area (Å²) in [5.41, 5.74) is 1.15. The molecule has 0 aliphatic rings. The van der Waals surface area contributed by atoms with E-state index in [0.717, 1.165) is 17.0 Å². The largest absolute Gasteiger partial charge is 0.393 e. The number of carbonyl (C=O) groups excluding carboxylic acids is 1. The Balaban J connectivity index is 2.18. The van der Waals surface area contributed by atoms with Crippen molar-refractivity contribution in [2.24, 2.45) is 0 Å². The first-order valence-corrected chi connectivity index (χ1v) is 7.23. The Hall–Kier alpha value is -1.10. The summed E-state index contributed by atoms with van der Waals surface area (Å²) in [5.74, 6) is 0.00653. The highest BCUT2D eigenvalue weighted by Crippen LogP contribution is 2.09. The Morgan fingerprint density at radius 2 is 2.05 bits per heavy atom. The molecule has 5 heteroatoms. The number of aliphatic hydroxyl groups excluding tert-OH is 1. The fourth-order valence-electron chi connectivity index (χ4n) is 1.78. The van der Waals surface area contributed by atoms with E-state index in [1.165, 1.54) is 0 Å². The zero-order chi connectivity index (χ0) is 15.0. The van der Waals surface area contributed by atoms with Gasteiger partial charge in [0, 0.05) is 18.1 Å². The number of halogens is 1. The Morgan fingerprint density at radius 1 is 1.40 bits per heavy atom. The highest BCUT2D eigenvalue weighted by atomic mass is 35.5. The molecule has 4 nitrogen and oxygen atoms in total. The van der Waals surface area contributed by atoms with E-state index in [0.29, 0.717) is 26.1 Å². The molecule has 1 unspecified atom stereocenters. The van der Waals surface area contributed by atoms with E-state index in [4.69, 9.17) is 11.6 Å². The maximum Gasteiger partial charge on any atom is 0.234 e. The van der Waals surface area contributed by atoms with Gasteiger partial charge in [-0.25, -0.2) is 0 Å². The normalized spacial score (nSPS) is 12.4. The summed E-state index contributed by atoms with van der Waals surface area (Å²) in [4.78, 5) is 13.6. The lowest BCUT2D eigenvalue weighted by Crippen LogP contribution is -2.37. The van der Waals surface area contributed by atoms with Crippen LogP contribution in [0, 0.1) is 0 Å². The second-order valence-electron chi connectivity index (χ2n) is 5.10. The van der Waals surface area contributed by atoms with Crippen LogP contribution < -0.4 is 5.32 Å². The second-order valence-corrected chi connectivity index (χ2v) is 5.54. The average Bonchev–Trinajstić information content (AvgIpc) is 2.38. The number of carbonyl (C=O) groups is 1. The van der Waals surface area contributed by atoms with Gasteiger partial charge in [-0.15, -0.1) is 0 Å². The average molecular weight is 299 g/mol. The van der Waals surface area contributed by atoms with E-state index in [9.17, 15) is 9.90 Å². The summed E-state index contributed by atoms with van der Waals surface area (Å²) in [5, 5.41) is 12.8. The van der Waals surface area contributed by atoms with Gasteiger partial charge >= 0.3 is 0 Å². The van der Waals surface area contributed by atoms with E-state index in [-0.39, 0.29) is 12.0 Å². The molecule has 0 aromatic heterocycles. The standard InChI is InChI=1S/C15H23ClN2O2/c1-12(19)8-10-18(2)11-15(20)17-9-7-13-3-5-14(16)6-4-13/h3-6,12,19H,7-11H2,1-2H3,(H,17,20). The third-order valence-corrected chi connectivity index (χ3v) is 3.24. The summed E-state index contributed by atoms with van der Waals surface area (Å²) in [6.07, 6.45) is 1.14. The number of rotatable bonds is 8. The SMILES string of the molecule is CC(O)CCN(C)CC(=O)NCCc1ccc(Cl)cc1. The van der Waals surface area contributed by atoms with E-state index in [1.54, 1.807) is 6.92 Å². The van der Waals surface area contributed by atoms with Gasteiger partial charge in [-0.3, -0.25) is 9.69 Å². The van der Waals surface area contributed by atoms with Crippen LogP contribution in [0.3, 0.4) is 0 Å². The molecule has 0 radical (unpaired) electrons. The fraction of sp³-hybridized carbons (Fsp3) is 0.533. The minimum absolute atomic E-state index is 0.00653. The summed E-state index contributed by atoms with van der Waals surface area (Å²) in [6.45, 7) is 3.43. The van der Waals surface area contributed by atoms with Crippen LogP contribution in [0.25, 0.3) is 0 Å². The first-order valence-electron chi connectivity index (χ1n) is 6.85. The number of nitrogens with one attached hydrogen (secondary N) is 1. The molecule has 112 valence electrons. The number of likely N-dealkylation sites (N-methyl/N-ethyl adjacent to an activating group) is 1. The lowest BCUT2D eigenvalue weighted by atomic mass is 10.1. The van der Waals surface area contributed by atoms with E-state index >= 15 is 0 Å². The smallest absolute Gasteiger partial charge is 0.234 e. The Morgan fingerprint density at radius 3 is 2.65 bits per heavy atom. The zero-order valence-corrected chi connectivity index (χ0v) is 12.9. The zero-order valence-electron chi connectivity index (χ0n) is 12.1. The molecule has 1 amide bonds. The molecule has 0 aliphatic carbocycles. The lowest BCUT2D eigenvalue weighted by Gasteiger charge is -2.17. The van der Waals surface area contributed by atoms with Crippen LogP contribution in [0.4, 0.5) is 0 Å². The van der Waals surface area contributed by atoms with Crippen molar-refractivity contribution in [1.82, 2.24) is 10.2 Å². The second kappa shape index (κ2) is 8.95. The molecule has 1 aromatic carbocycles. The van der Waals surface area contributed by atoms with Crippen molar-refractivity contribution in [3.63, 3.8) is 0 Å². The van der Waals surface area contributed by atoms with Crippen molar-refractivity contribution >= 4 is 17.5 Å². The van der Waals surface area contributed by atoms with Crippen molar-refractivity contribution in [2.45, 2.75) is 25.9 Å². The number of hydrogen-bond acceptors (Lipinski definition) is 3. The Bertz CT molecular complexity index is 407. The molecule has 20 heavy (non-hydrogen) atoms. The van der Waals surface area contributed by atoms with Crippen LogP contribution in [-0.4, -0.2) is 48.7 Å². The van der Waals surface area contributed by atoms with Gasteiger partial charge in [0.15, 0.2) is 0 Å². The first-order chi connectivity index (χ1) is 9.47. The van der Waals surface area contributed by atoms with Crippen LogP contribution in [-0.2, 0) is 11.2 Å². The highest BCUT2D eigenvalue weighted by Gasteiger charge is 2.07. The number of benzene rings is 1. The van der Waals surface area contributed by atoms with Crippen LogP contribution in [0.2, 0.25) is 5.02 Å². The maximum absolute atomic E-state index is 11.7. The summed E-state index contributed by atoms with van der Waals surface area (Å²) < 4.78 is 0. The van der Waals surface area contributed by atoms with Gasteiger partial charge < -0.3 is 10.4 Å². The molecule has 1 atom stereocenters. The van der Waals surface area contributed by atoms with Crippen molar-refractivity contribution in [3.8, 4) is 0 Å². The Kier molecular flexibility index (Phi) is 7.59. The molecule has 0 saturated carbocycles. The van der Waals surface area contributed by atoms with E-state index in [2.05, 4.69) is 5.32 Å². The summed E-state index contributed by atoms with van der Waals surface area (Å²) in [7, 11) is 1.88. The molecule has 0 saturated heterocycles. The van der Waals surface area contributed by atoms with Crippen molar-refractivity contribution < 1.29 is 9.90 Å². The molecule has 0 fully saturated rings. The molecule has 1 aromatic rings. The van der Waals surface area contributed by atoms with Gasteiger partial charge in [0.1, 0.15) is 0 Å². The van der Waals surface area contributed by atoms with Gasteiger partial charge in [0.2, 0.25) is 5.91 Å². The molecule has 0 bridgehead atoms. The van der Waals surface area contributed by atoms with Gasteiger partial charge in [-0.1, -0.05) is 23.7 Å². The molecule has 1 rings (SSSR count). The summed E-state index contributed by atoms with van der Waals surface area (Å²) >= 11 is 5.81. The van der Waals surface area contributed by atoms with Crippen molar-refractivity contribution in [3.05, 3.63) is 34.9 Å². The lowest BCUT2D eigenvalue weighted by molar-refractivity contribution is -0.122. The van der Waals surface area contributed by atoms with Gasteiger partial charge in [0.05, 0.1) is 12.6 Å². The summed E-state index contributed by atoms with van der Waals surface area (Å²) in [6, 6.07) is 7.62.